The van der Waals surface area contributed by atoms with Crippen molar-refractivity contribution in [2.45, 2.75) is 6.18 Å². The molecule has 0 fully saturated rings. The summed E-state index contributed by atoms with van der Waals surface area (Å²) in [5, 5.41) is 8.21. The van der Waals surface area contributed by atoms with E-state index < -0.39 is 25.3 Å². The Morgan fingerprint density at radius 3 is 2.87 bits per heavy atom. The Bertz CT molecular complexity index is 310. The van der Waals surface area contributed by atoms with Crippen molar-refractivity contribution in [2.75, 3.05) is 18.5 Å². The van der Waals surface area contributed by atoms with Crippen molar-refractivity contribution in [3.05, 3.63) is 12.3 Å². The number of aromatic amines is 1. The van der Waals surface area contributed by atoms with Crippen molar-refractivity contribution in [3.8, 4) is 0 Å². The second-order valence-corrected chi connectivity index (χ2v) is 2.63. The van der Waals surface area contributed by atoms with Crippen LogP contribution in [0.5, 0.6) is 0 Å². The number of hydrogen-bond acceptors (Lipinski definition) is 3. The van der Waals surface area contributed by atoms with Crippen LogP contribution in [0, 0.1) is 0 Å². The second kappa shape index (κ2) is 4.78. The summed E-state index contributed by atoms with van der Waals surface area (Å²) >= 11 is 0. The van der Waals surface area contributed by atoms with Crippen LogP contribution in [0.15, 0.2) is 12.3 Å². The monoisotopic (exact) mass is 223 g/mol. The summed E-state index contributed by atoms with van der Waals surface area (Å²) in [6.07, 6.45) is -3.03. The van der Waals surface area contributed by atoms with E-state index >= 15 is 0 Å². The van der Waals surface area contributed by atoms with Gasteiger partial charge in [0.1, 0.15) is 19.0 Å². The van der Waals surface area contributed by atoms with Gasteiger partial charge in [-0.25, -0.2) is 0 Å². The Kier molecular flexibility index (Phi) is 3.67. The molecule has 0 aromatic carbocycles. The molecule has 8 heteroatoms. The zero-order chi connectivity index (χ0) is 11.3. The van der Waals surface area contributed by atoms with Gasteiger partial charge in [0.2, 0.25) is 0 Å². The van der Waals surface area contributed by atoms with E-state index in [4.69, 9.17) is 0 Å². The van der Waals surface area contributed by atoms with E-state index in [-0.39, 0.29) is 0 Å². The minimum Gasteiger partial charge on any atom is -0.362 e. The van der Waals surface area contributed by atoms with Gasteiger partial charge in [0, 0.05) is 6.07 Å². The molecule has 0 aliphatic carbocycles. The fraction of sp³-hybridized carbons (Fsp3) is 0.429. The van der Waals surface area contributed by atoms with Gasteiger partial charge >= 0.3 is 6.18 Å². The normalized spacial score (nSPS) is 11.4. The summed E-state index contributed by atoms with van der Waals surface area (Å²) in [5.74, 6) is -0.376. The van der Waals surface area contributed by atoms with Crippen molar-refractivity contribution >= 4 is 11.7 Å². The van der Waals surface area contributed by atoms with E-state index in [1.54, 1.807) is 0 Å². The third kappa shape index (κ3) is 5.01. The largest absolute Gasteiger partial charge is 0.411 e. The Morgan fingerprint density at radius 2 is 2.33 bits per heavy atom. The topological polar surface area (TPSA) is 67.0 Å². The molecule has 15 heavy (non-hydrogen) atoms. The van der Waals surface area contributed by atoms with Crippen LogP contribution >= 0.6 is 0 Å². The van der Waals surface area contributed by atoms with E-state index in [1.165, 1.54) is 12.3 Å². The van der Waals surface area contributed by atoms with Gasteiger partial charge in [0.05, 0.1) is 6.20 Å². The van der Waals surface area contributed by atoms with E-state index in [1.807, 2.05) is 0 Å². The number of halogens is 3. The number of nitrogens with zero attached hydrogens (tertiary/aromatic N) is 1. The third-order valence-electron chi connectivity index (χ3n) is 1.27. The van der Waals surface area contributed by atoms with Gasteiger partial charge in [-0.05, 0) is 0 Å². The number of nitrogens with one attached hydrogen (secondary N) is 2. The molecule has 0 atom stereocenters. The fourth-order valence-corrected chi connectivity index (χ4v) is 0.771. The molecule has 1 heterocycles. The Balaban J connectivity index is 2.20. The Morgan fingerprint density at radius 1 is 1.60 bits per heavy atom. The van der Waals surface area contributed by atoms with Gasteiger partial charge in [-0.3, -0.25) is 9.89 Å². The maximum atomic E-state index is 11.6. The van der Waals surface area contributed by atoms with E-state index in [0.717, 1.165) is 0 Å². The predicted octanol–water partition coefficient (Wildman–Crippen LogP) is 0.927. The molecule has 1 amide bonds. The van der Waals surface area contributed by atoms with Crippen molar-refractivity contribution in [2.24, 2.45) is 0 Å². The minimum atomic E-state index is -4.42. The van der Waals surface area contributed by atoms with Crippen molar-refractivity contribution in [1.29, 1.82) is 0 Å². The van der Waals surface area contributed by atoms with Crippen LogP contribution in [0.1, 0.15) is 0 Å². The Hall–Kier alpha value is -1.57. The van der Waals surface area contributed by atoms with Gasteiger partial charge in [-0.2, -0.15) is 18.3 Å². The number of H-pyrrole nitrogens is 1. The van der Waals surface area contributed by atoms with Gasteiger partial charge in [-0.15, -0.1) is 0 Å². The van der Waals surface area contributed by atoms with Crippen molar-refractivity contribution < 1.29 is 22.7 Å². The highest BCUT2D eigenvalue weighted by molar-refractivity contribution is 5.90. The van der Waals surface area contributed by atoms with Gasteiger partial charge in [-0.1, -0.05) is 0 Å². The molecule has 84 valence electrons. The molecule has 0 spiro atoms. The van der Waals surface area contributed by atoms with Crippen LogP contribution in [0.2, 0.25) is 0 Å². The molecule has 1 rings (SSSR count). The zero-order valence-electron chi connectivity index (χ0n) is 7.47. The molecule has 0 radical (unpaired) electrons. The summed E-state index contributed by atoms with van der Waals surface area (Å²) in [6, 6.07) is 1.46. The second-order valence-electron chi connectivity index (χ2n) is 2.63. The SMILES string of the molecule is O=C(COCC(F)(F)F)Nc1ccn[nH]1. The number of rotatable bonds is 4. The maximum absolute atomic E-state index is 11.6. The number of aromatic nitrogens is 2. The number of carbonyl (C=O) groups excluding carboxylic acids is 1. The molecule has 2 N–H and O–H groups in total. The summed E-state index contributed by atoms with van der Waals surface area (Å²) in [4.78, 5) is 10.9. The Labute approximate surface area is 82.6 Å². The lowest BCUT2D eigenvalue weighted by Crippen LogP contribution is -2.24. The molecule has 5 nitrogen and oxygen atoms in total. The molecule has 1 aromatic heterocycles. The molecular weight excluding hydrogens is 215 g/mol. The highest BCUT2D eigenvalue weighted by atomic mass is 19.4. The molecule has 0 bridgehead atoms. The van der Waals surface area contributed by atoms with E-state index in [2.05, 4.69) is 20.3 Å². The van der Waals surface area contributed by atoms with Crippen LogP contribution < -0.4 is 5.32 Å². The molecule has 0 aliphatic rings. The lowest BCUT2D eigenvalue weighted by molar-refractivity contribution is -0.174. The van der Waals surface area contributed by atoms with Gasteiger partial charge in [0.15, 0.2) is 0 Å². The first-order valence-corrected chi connectivity index (χ1v) is 3.91. The first-order valence-electron chi connectivity index (χ1n) is 3.91. The van der Waals surface area contributed by atoms with E-state index in [0.29, 0.717) is 5.82 Å². The summed E-state index contributed by atoms with van der Waals surface area (Å²) < 4.78 is 39.0. The van der Waals surface area contributed by atoms with Crippen LogP contribution in [0.4, 0.5) is 19.0 Å². The van der Waals surface area contributed by atoms with Crippen molar-refractivity contribution in [1.82, 2.24) is 10.2 Å². The lowest BCUT2D eigenvalue weighted by Gasteiger charge is -2.06. The number of amides is 1. The van der Waals surface area contributed by atoms with Crippen molar-refractivity contribution in [3.63, 3.8) is 0 Å². The fourth-order valence-electron chi connectivity index (χ4n) is 0.771. The smallest absolute Gasteiger partial charge is 0.362 e. The first-order chi connectivity index (χ1) is 6.97. The number of hydrogen-bond donors (Lipinski definition) is 2. The average molecular weight is 223 g/mol. The number of alkyl halides is 3. The number of anilines is 1. The molecule has 0 saturated carbocycles. The lowest BCUT2D eigenvalue weighted by atomic mass is 10.5. The van der Waals surface area contributed by atoms with Gasteiger partial charge < -0.3 is 10.1 Å². The summed E-state index contributed by atoms with van der Waals surface area (Å²) in [7, 11) is 0. The first kappa shape index (κ1) is 11.5. The van der Waals surface area contributed by atoms with Crippen LogP contribution in [0.3, 0.4) is 0 Å². The molecular formula is C7H8F3N3O2. The number of ether oxygens (including phenoxy) is 1. The maximum Gasteiger partial charge on any atom is 0.411 e. The molecule has 0 saturated heterocycles. The zero-order valence-corrected chi connectivity index (χ0v) is 7.47. The van der Waals surface area contributed by atoms with Crippen LogP contribution in [0.25, 0.3) is 0 Å². The standard InChI is InChI=1S/C7H8F3N3O2/c8-7(9,10)4-15-3-6(14)12-5-1-2-11-13-5/h1-2H,3-4H2,(H2,11,12,13,14). The van der Waals surface area contributed by atoms with Crippen LogP contribution in [-0.4, -0.2) is 35.5 Å². The van der Waals surface area contributed by atoms with Crippen LogP contribution in [-0.2, 0) is 9.53 Å². The summed E-state index contributed by atoms with van der Waals surface area (Å²) in [6.45, 7) is -2.10. The average Bonchev–Trinajstić information content (AvgIpc) is 2.54. The molecule has 1 aromatic rings. The minimum absolute atomic E-state index is 0.301. The molecule has 0 unspecified atom stereocenters. The third-order valence-corrected chi connectivity index (χ3v) is 1.27. The highest BCUT2D eigenvalue weighted by Crippen LogP contribution is 2.14. The summed E-state index contributed by atoms with van der Waals surface area (Å²) in [5.41, 5.74) is 0. The van der Waals surface area contributed by atoms with E-state index in [9.17, 15) is 18.0 Å². The predicted molar refractivity (Wildman–Crippen MR) is 44.1 cm³/mol. The molecule has 0 aliphatic heterocycles. The van der Waals surface area contributed by atoms with Gasteiger partial charge in [0.25, 0.3) is 5.91 Å². The quantitative estimate of drug-likeness (QED) is 0.797. The highest BCUT2D eigenvalue weighted by Gasteiger charge is 2.27. The number of carbonyl (C=O) groups is 1.